The lowest BCUT2D eigenvalue weighted by Gasteiger charge is -2.34. The number of hydrogen-bond donors (Lipinski definition) is 2. The number of rotatable bonds is 2. The van der Waals surface area contributed by atoms with Crippen molar-refractivity contribution < 1.29 is 9.90 Å². The van der Waals surface area contributed by atoms with Gasteiger partial charge in [-0.2, -0.15) is 0 Å². The molecule has 0 saturated heterocycles. The van der Waals surface area contributed by atoms with E-state index in [0.29, 0.717) is 5.56 Å². The van der Waals surface area contributed by atoms with Gasteiger partial charge in [-0.3, -0.25) is 4.79 Å². The topological polar surface area (TPSA) is 49.3 Å². The summed E-state index contributed by atoms with van der Waals surface area (Å²) in [6.07, 6.45) is 5.62. The van der Waals surface area contributed by atoms with Crippen molar-refractivity contribution in [3.8, 4) is 5.75 Å². The number of aromatic hydroxyl groups is 1. The third kappa shape index (κ3) is 2.84. The van der Waals surface area contributed by atoms with Crippen LogP contribution in [0.2, 0.25) is 0 Å². The van der Waals surface area contributed by atoms with E-state index in [9.17, 15) is 9.90 Å². The van der Waals surface area contributed by atoms with E-state index in [-0.39, 0.29) is 17.2 Å². The molecule has 3 nitrogen and oxygen atoms in total. The molecule has 0 unspecified atom stereocenters. The van der Waals surface area contributed by atoms with Crippen molar-refractivity contribution in [3.63, 3.8) is 0 Å². The van der Waals surface area contributed by atoms with Gasteiger partial charge in [0.2, 0.25) is 0 Å². The molecule has 0 heterocycles. The quantitative estimate of drug-likeness (QED) is 0.843. The molecule has 0 atom stereocenters. The molecule has 1 aromatic carbocycles. The Morgan fingerprint density at radius 2 is 1.94 bits per heavy atom. The number of phenolic OH excluding ortho intramolecular Hbond substituents is 1. The molecule has 1 amide bonds. The van der Waals surface area contributed by atoms with Gasteiger partial charge in [-0.1, -0.05) is 25.3 Å². The summed E-state index contributed by atoms with van der Waals surface area (Å²) >= 11 is 0. The van der Waals surface area contributed by atoms with E-state index in [4.69, 9.17) is 0 Å². The number of nitrogens with one attached hydrogen (secondary N) is 1. The number of benzene rings is 1. The first-order valence-electron chi connectivity index (χ1n) is 6.62. The van der Waals surface area contributed by atoms with E-state index in [2.05, 4.69) is 12.2 Å². The maximum Gasteiger partial charge on any atom is 0.255 e. The minimum atomic E-state index is -0.170. The van der Waals surface area contributed by atoms with E-state index in [1.807, 2.05) is 13.0 Å². The summed E-state index contributed by atoms with van der Waals surface area (Å²) in [4.78, 5) is 12.2. The molecular weight excluding hydrogens is 226 g/mol. The molecule has 3 heteroatoms. The van der Waals surface area contributed by atoms with Gasteiger partial charge in [0, 0.05) is 5.54 Å². The SMILES string of the molecule is Cc1ccc(C(=O)NC2(C)CCCCC2)c(O)c1. The Hall–Kier alpha value is -1.51. The Balaban J connectivity index is 2.11. The highest BCUT2D eigenvalue weighted by Crippen LogP contribution is 2.28. The zero-order valence-electron chi connectivity index (χ0n) is 11.1. The van der Waals surface area contributed by atoms with Gasteiger partial charge in [0.25, 0.3) is 5.91 Å². The first kappa shape index (κ1) is 12.9. The zero-order valence-corrected chi connectivity index (χ0v) is 11.1. The molecular formula is C15H21NO2. The summed E-state index contributed by atoms with van der Waals surface area (Å²) in [5, 5.41) is 12.9. The van der Waals surface area contributed by atoms with Gasteiger partial charge in [-0.15, -0.1) is 0 Å². The Morgan fingerprint density at radius 1 is 1.28 bits per heavy atom. The maximum absolute atomic E-state index is 12.2. The average Bonchev–Trinajstić information content (AvgIpc) is 2.28. The Kier molecular flexibility index (Phi) is 3.60. The largest absolute Gasteiger partial charge is 0.507 e. The van der Waals surface area contributed by atoms with Crippen molar-refractivity contribution in [2.24, 2.45) is 0 Å². The fourth-order valence-corrected chi connectivity index (χ4v) is 2.63. The third-order valence-electron chi connectivity index (χ3n) is 3.77. The van der Waals surface area contributed by atoms with E-state index >= 15 is 0 Å². The van der Waals surface area contributed by atoms with Crippen LogP contribution in [0.4, 0.5) is 0 Å². The Morgan fingerprint density at radius 3 is 2.56 bits per heavy atom. The van der Waals surface area contributed by atoms with Crippen molar-refractivity contribution in [2.45, 2.75) is 51.5 Å². The van der Waals surface area contributed by atoms with Gasteiger partial charge < -0.3 is 10.4 Å². The lowest BCUT2D eigenvalue weighted by Crippen LogP contribution is -2.47. The molecule has 0 radical (unpaired) electrons. The van der Waals surface area contributed by atoms with Crippen LogP contribution in [0, 0.1) is 6.92 Å². The highest BCUT2D eigenvalue weighted by atomic mass is 16.3. The standard InChI is InChI=1S/C15H21NO2/c1-11-6-7-12(13(17)10-11)14(18)16-15(2)8-4-3-5-9-15/h6-7,10,17H,3-5,8-9H2,1-2H3,(H,16,18). The van der Waals surface area contributed by atoms with Crippen molar-refractivity contribution >= 4 is 5.91 Å². The summed E-state index contributed by atoms with van der Waals surface area (Å²) in [6.45, 7) is 3.99. The lowest BCUT2D eigenvalue weighted by atomic mass is 9.83. The number of phenols is 1. The summed E-state index contributed by atoms with van der Waals surface area (Å²) in [6, 6.07) is 5.15. The molecule has 0 spiro atoms. The minimum Gasteiger partial charge on any atom is -0.507 e. The monoisotopic (exact) mass is 247 g/mol. The average molecular weight is 247 g/mol. The fourth-order valence-electron chi connectivity index (χ4n) is 2.63. The van der Waals surface area contributed by atoms with Crippen molar-refractivity contribution in [2.75, 3.05) is 0 Å². The van der Waals surface area contributed by atoms with Crippen LogP contribution in [-0.2, 0) is 0 Å². The number of carbonyl (C=O) groups is 1. The molecule has 1 aliphatic carbocycles. The van der Waals surface area contributed by atoms with Crippen LogP contribution in [0.1, 0.15) is 54.9 Å². The fraction of sp³-hybridized carbons (Fsp3) is 0.533. The molecule has 18 heavy (non-hydrogen) atoms. The molecule has 1 saturated carbocycles. The summed E-state index contributed by atoms with van der Waals surface area (Å²) in [5.74, 6) is -0.108. The van der Waals surface area contributed by atoms with Gasteiger partial charge in [0.15, 0.2) is 0 Å². The van der Waals surface area contributed by atoms with Crippen LogP contribution in [0.3, 0.4) is 0 Å². The molecule has 1 fully saturated rings. The van der Waals surface area contributed by atoms with Gasteiger partial charge in [0.1, 0.15) is 5.75 Å². The molecule has 2 rings (SSSR count). The third-order valence-corrected chi connectivity index (χ3v) is 3.77. The van der Waals surface area contributed by atoms with E-state index in [1.54, 1.807) is 12.1 Å². The van der Waals surface area contributed by atoms with Crippen LogP contribution >= 0.6 is 0 Å². The summed E-state index contributed by atoms with van der Waals surface area (Å²) in [5.41, 5.74) is 1.20. The molecule has 0 bridgehead atoms. The van der Waals surface area contributed by atoms with Gasteiger partial charge in [-0.05, 0) is 44.4 Å². The maximum atomic E-state index is 12.2. The van der Waals surface area contributed by atoms with Crippen LogP contribution in [0.25, 0.3) is 0 Å². The normalized spacial score (nSPS) is 18.3. The predicted molar refractivity (Wildman–Crippen MR) is 71.8 cm³/mol. The first-order chi connectivity index (χ1) is 8.50. The van der Waals surface area contributed by atoms with Gasteiger partial charge >= 0.3 is 0 Å². The summed E-state index contributed by atoms with van der Waals surface area (Å²) in [7, 11) is 0. The van der Waals surface area contributed by atoms with Crippen molar-refractivity contribution in [1.82, 2.24) is 5.32 Å². The number of aryl methyl sites for hydroxylation is 1. The van der Waals surface area contributed by atoms with E-state index in [1.165, 1.54) is 6.42 Å². The second-order valence-electron chi connectivity index (χ2n) is 5.60. The first-order valence-corrected chi connectivity index (χ1v) is 6.62. The number of hydrogen-bond acceptors (Lipinski definition) is 2. The van der Waals surface area contributed by atoms with Crippen LogP contribution in [-0.4, -0.2) is 16.6 Å². The van der Waals surface area contributed by atoms with Crippen LogP contribution in [0.5, 0.6) is 5.75 Å². The van der Waals surface area contributed by atoms with E-state index < -0.39 is 0 Å². The van der Waals surface area contributed by atoms with Gasteiger partial charge in [-0.25, -0.2) is 0 Å². The smallest absolute Gasteiger partial charge is 0.255 e. The van der Waals surface area contributed by atoms with Gasteiger partial charge in [0.05, 0.1) is 5.56 Å². The second-order valence-corrected chi connectivity index (χ2v) is 5.60. The molecule has 0 aromatic heterocycles. The molecule has 1 aromatic rings. The molecule has 1 aliphatic rings. The van der Waals surface area contributed by atoms with Crippen LogP contribution < -0.4 is 5.32 Å². The van der Waals surface area contributed by atoms with Crippen LogP contribution in [0.15, 0.2) is 18.2 Å². The minimum absolute atomic E-state index is 0.0620. The number of carbonyl (C=O) groups excluding carboxylic acids is 1. The predicted octanol–water partition coefficient (Wildman–Crippen LogP) is 3.15. The highest BCUT2D eigenvalue weighted by molar-refractivity contribution is 5.97. The Bertz CT molecular complexity index is 448. The Labute approximate surface area is 108 Å². The summed E-state index contributed by atoms with van der Waals surface area (Å²) < 4.78 is 0. The second kappa shape index (κ2) is 5.01. The van der Waals surface area contributed by atoms with Crippen molar-refractivity contribution in [1.29, 1.82) is 0 Å². The van der Waals surface area contributed by atoms with Crippen molar-refractivity contribution in [3.05, 3.63) is 29.3 Å². The molecule has 2 N–H and O–H groups in total. The van der Waals surface area contributed by atoms with E-state index in [0.717, 1.165) is 31.2 Å². The zero-order chi connectivity index (χ0) is 13.2. The lowest BCUT2D eigenvalue weighted by molar-refractivity contribution is 0.0880. The number of amides is 1. The molecule has 98 valence electrons. The highest BCUT2D eigenvalue weighted by Gasteiger charge is 2.29. The molecule has 0 aliphatic heterocycles.